The van der Waals surface area contributed by atoms with Crippen molar-refractivity contribution in [1.29, 1.82) is 0 Å². The van der Waals surface area contributed by atoms with Crippen molar-refractivity contribution in [3.05, 3.63) is 27.8 Å². The van der Waals surface area contributed by atoms with Crippen LogP contribution in [-0.4, -0.2) is 25.1 Å². The Labute approximate surface area is 127 Å². The molecule has 1 atom stereocenters. The average molecular weight is 385 g/mol. The van der Waals surface area contributed by atoms with Crippen molar-refractivity contribution in [2.24, 2.45) is 5.73 Å². The zero-order chi connectivity index (χ0) is 12.7. The topological polar surface area (TPSA) is 64.3 Å². The molecule has 0 aliphatic rings. The van der Waals surface area contributed by atoms with Gasteiger partial charge in [0, 0.05) is 16.2 Å². The van der Waals surface area contributed by atoms with Crippen LogP contribution in [0.15, 0.2) is 24.3 Å². The van der Waals surface area contributed by atoms with Crippen molar-refractivity contribution in [2.75, 3.05) is 13.2 Å². The normalized spacial score (nSPS) is 11.3. The van der Waals surface area contributed by atoms with Crippen LogP contribution in [0, 0.1) is 3.57 Å². The van der Waals surface area contributed by atoms with Crippen molar-refractivity contribution in [2.45, 2.75) is 19.4 Å². The zero-order valence-electron chi connectivity index (χ0n) is 10.2. The van der Waals surface area contributed by atoms with Crippen LogP contribution in [0.1, 0.15) is 13.3 Å². The number of benzene rings is 1. The first-order chi connectivity index (χ1) is 8.08. The highest BCUT2D eigenvalue weighted by Crippen LogP contribution is 2.13. The van der Waals surface area contributed by atoms with E-state index in [0.717, 1.165) is 9.99 Å². The Morgan fingerprint density at radius 3 is 2.61 bits per heavy atom. The monoisotopic (exact) mass is 384 g/mol. The highest BCUT2D eigenvalue weighted by Gasteiger charge is 2.02. The van der Waals surface area contributed by atoms with Crippen LogP contribution in [0.3, 0.4) is 0 Å². The number of hydrogen-bond donors (Lipinski definition) is 2. The van der Waals surface area contributed by atoms with Crippen LogP contribution in [0.5, 0.6) is 5.75 Å². The molecule has 0 radical (unpaired) electrons. The Hall–Kier alpha value is -0.530. The number of rotatable bonds is 6. The lowest BCUT2D eigenvalue weighted by Gasteiger charge is -2.08. The summed E-state index contributed by atoms with van der Waals surface area (Å²) in [5.41, 5.74) is 5.57. The number of nitrogens with one attached hydrogen (secondary N) is 1. The Bertz CT molecular complexity index is 358. The van der Waals surface area contributed by atoms with Crippen LogP contribution in [0.25, 0.3) is 0 Å². The van der Waals surface area contributed by atoms with Gasteiger partial charge in [-0.3, -0.25) is 4.79 Å². The predicted octanol–water partition coefficient (Wildman–Crippen LogP) is 1.95. The van der Waals surface area contributed by atoms with Crippen molar-refractivity contribution < 1.29 is 9.53 Å². The minimum atomic E-state index is -0.121. The maximum absolute atomic E-state index is 11.4. The molecule has 0 bridgehead atoms. The summed E-state index contributed by atoms with van der Waals surface area (Å²) in [5, 5.41) is 2.75. The molecule has 18 heavy (non-hydrogen) atoms. The van der Waals surface area contributed by atoms with Gasteiger partial charge in [-0.05, 0) is 60.2 Å². The van der Waals surface area contributed by atoms with Crippen LogP contribution >= 0.6 is 35.0 Å². The van der Waals surface area contributed by atoms with E-state index in [1.807, 2.05) is 31.2 Å². The molecule has 1 amide bonds. The number of carbonyl (C=O) groups excluding carboxylic acids is 1. The van der Waals surface area contributed by atoms with Gasteiger partial charge in [-0.1, -0.05) is 0 Å². The van der Waals surface area contributed by atoms with Gasteiger partial charge < -0.3 is 15.8 Å². The summed E-state index contributed by atoms with van der Waals surface area (Å²) >= 11 is 2.22. The molecule has 1 rings (SSSR count). The largest absolute Gasteiger partial charge is 0.484 e. The highest BCUT2D eigenvalue weighted by molar-refractivity contribution is 14.1. The number of halogens is 2. The van der Waals surface area contributed by atoms with E-state index in [9.17, 15) is 4.79 Å². The molecule has 3 N–H and O–H groups in total. The third-order valence-corrected chi connectivity index (χ3v) is 2.82. The summed E-state index contributed by atoms with van der Waals surface area (Å²) in [7, 11) is 0. The quantitative estimate of drug-likeness (QED) is 0.737. The summed E-state index contributed by atoms with van der Waals surface area (Å²) in [4.78, 5) is 11.4. The second-order valence-corrected chi connectivity index (χ2v) is 5.10. The summed E-state index contributed by atoms with van der Waals surface area (Å²) in [5.74, 6) is 0.581. The SMILES string of the molecule is CC(N)CCNC(=O)COc1ccc(I)cc1.Cl. The lowest BCUT2D eigenvalue weighted by molar-refractivity contribution is -0.123. The molecular formula is C12H18ClIN2O2. The summed E-state index contributed by atoms with van der Waals surface area (Å²) in [6, 6.07) is 7.66. The smallest absolute Gasteiger partial charge is 0.257 e. The number of carbonyl (C=O) groups is 1. The number of ether oxygens (including phenoxy) is 1. The van der Waals surface area contributed by atoms with E-state index in [1.165, 1.54) is 0 Å². The molecule has 0 aliphatic carbocycles. The molecule has 0 fully saturated rings. The van der Waals surface area contributed by atoms with Gasteiger partial charge in [0.15, 0.2) is 6.61 Å². The second kappa shape index (κ2) is 9.41. The molecule has 1 aromatic rings. The summed E-state index contributed by atoms with van der Waals surface area (Å²) in [6.45, 7) is 2.54. The Balaban J connectivity index is 0.00000289. The minimum absolute atomic E-state index is 0. The molecule has 0 heterocycles. The van der Waals surface area contributed by atoms with E-state index in [-0.39, 0.29) is 31.0 Å². The lowest BCUT2D eigenvalue weighted by Crippen LogP contribution is -2.32. The molecule has 0 saturated heterocycles. The molecule has 4 nitrogen and oxygen atoms in total. The highest BCUT2D eigenvalue weighted by atomic mass is 127. The Morgan fingerprint density at radius 1 is 1.44 bits per heavy atom. The van der Waals surface area contributed by atoms with Gasteiger partial charge in [-0.15, -0.1) is 12.4 Å². The van der Waals surface area contributed by atoms with E-state index in [0.29, 0.717) is 12.3 Å². The number of amides is 1. The zero-order valence-corrected chi connectivity index (χ0v) is 13.2. The number of hydrogen-bond acceptors (Lipinski definition) is 3. The third kappa shape index (κ3) is 7.73. The molecule has 1 unspecified atom stereocenters. The van der Waals surface area contributed by atoms with Gasteiger partial charge in [0.05, 0.1) is 0 Å². The first-order valence-electron chi connectivity index (χ1n) is 5.48. The van der Waals surface area contributed by atoms with Gasteiger partial charge in [0.25, 0.3) is 5.91 Å². The Morgan fingerprint density at radius 2 is 2.06 bits per heavy atom. The lowest BCUT2D eigenvalue weighted by atomic mass is 10.2. The van der Waals surface area contributed by atoms with Crippen LogP contribution in [-0.2, 0) is 4.79 Å². The number of nitrogens with two attached hydrogens (primary N) is 1. The molecule has 0 aliphatic heterocycles. The van der Waals surface area contributed by atoms with Crippen LogP contribution in [0.4, 0.5) is 0 Å². The van der Waals surface area contributed by atoms with E-state index < -0.39 is 0 Å². The maximum atomic E-state index is 11.4. The van der Waals surface area contributed by atoms with Crippen LogP contribution in [0.2, 0.25) is 0 Å². The molecule has 0 spiro atoms. The summed E-state index contributed by atoms with van der Waals surface area (Å²) in [6.07, 6.45) is 0.773. The van der Waals surface area contributed by atoms with Gasteiger partial charge >= 0.3 is 0 Å². The molecule has 0 aromatic heterocycles. The van der Waals surface area contributed by atoms with E-state index >= 15 is 0 Å². The van der Waals surface area contributed by atoms with Crippen LogP contribution < -0.4 is 15.8 Å². The minimum Gasteiger partial charge on any atom is -0.484 e. The fourth-order valence-corrected chi connectivity index (χ4v) is 1.53. The fraction of sp³-hybridized carbons (Fsp3) is 0.417. The first kappa shape index (κ1) is 17.5. The van der Waals surface area contributed by atoms with Gasteiger partial charge in [-0.2, -0.15) is 0 Å². The maximum Gasteiger partial charge on any atom is 0.257 e. The molecule has 0 saturated carbocycles. The molecular weight excluding hydrogens is 367 g/mol. The van der Waals surface area contributed by atoms with Gasteiger partial charge in [-0.25, -0.2) is 0 Å². The second-order valence-electron chi connectivity index (χ2n) is 3.86. The van der Waals surface area contributed by atoms with E-state index in [2.05, 4.69) is 27.9 Å². The standard InChI is InChI=1S/C12H17IN2O2.ClH/c1-9(14)6-7-15-12(16)8-17-11-4-2-10(13)3-5-11;/h2-5,9H,6-8,14H2,1H3,(H,15,16);1H. The van der Waals surface area contributed by atoms with Crippen molar-refractivity contribution in [1.82, 2.24) is 5.32 Å². The van der Waals surface area contributed by atoms with Gasteiger partial charge in [0.1, 0.15) is 5.75 Å². The fourth-order valence-electron chi connectivity index (χ4n) is 1.17. The van der Waals surface area contributed by atoms with E-state index in [1.54, 1.807) is 0 Å². The van der Waals surface area contributed by atoms with Crippen molar-refractivity contribution in [3.8, 4) is 5.75 Å². The molecule has 1 aromatic carbocycles. The van der Waals surface area contributed by atoms with Crippen molar-refractivity contribution in [3.63, 3.8) is 0 Å². The predicted molar refractivity (Wildman–Crippen MR) is 83.2 cm³/mol. The summed E-state index contributed by atoms with van der Waals surface area (Å²) < 4.78 is 6.47. The average Bonchev–Trinajstić information content (AvgIpc) is 2.28. The van der Waals surface area contributed by atoms with Crippen molar-refractivity contribution >= 4 is 40.9 Å². The Kier molecular flexibility index (Phi) is 9.13. The molecule has 6 heteroatoms. The molecule has 102 valence electrons. The van der Waals surface area contributed by atoms with E-state index in [4.69, 9.17) is 10.5 Å². The first-order valence-corrected chi connectivity index (χ1v) is 6.56. The van der Waals surface area contributed by atoms with Gasteiger partial charge in [0.2, 0.25) is 0 Å². The third-order valence-electron chi connectivity index (χ3n) is 2.11.